The minimum atomic E-state index is -0.263. The number of ether oxygens (including phenoxy) is 1. The van der Waals surface area contributed by atoms with Gasteiger partial charge in [0, 0.05) is 25.4 Å². The first-order valence-electron chi connectivity index (χ1n) is 8.16. The first kappa shape index (κ1) is 17.5. The first-order valence-corrected chi connectivity index (χ1v) is 9.15. The van der Waals surface area contributed by atoms with Crippen LogP contribution in [0.2, 0.25) is 0 Å². The molecule has 2 aliphatic heterocycles. The summed E-state index contributed by atoms with van der Waals surface area (Å²) in [4.78, 5) is 26.1. The molecule has 0 bridgehead atoms. The Morgan fingerprint density at radius 1 is 1.32 bits per heavy atom. The second-order valence-corrected chi connectivity index (χ2v) is 6.84. The summed E-state index contributed by atoms with van der Waals surface area (Å²) >= 11 is 1.23. The molecule has 2 aliphatic rings. The molecule has 130 valence electrons. The number of nitrogens with zero attached hydrogens (tertiary/aromatic N) is 2. The molecule has 0 spiro atoms. The van der Waals surface area contributed by atoms with Gasteiger partial charge in [0.1, 0.15) is 0 Å². The topological polar surface area (TPSA) is 82.4 Å². The van der Waals surface area contributed by atoms with E-state index in [0.29, 0.717) is 36.9 Å². The number of benzene rings is 1. The highest BCUT2D eigenvalue weighted by molar-refractivity contribution is 8.03. The Morgan fingerprint density at radius 2 is 2.04 bits per heavy atom. The molecule has 7 heteroatoms. The van der Waals surface area contributed by atoms with Crippen molar-refractivity contribution in [2.24, 2.45) is 0 Å². The Hall–Kier alpha value is -2.30. The van der Waals surface area contributed by atoms with E-state index in [0.717, 1.165) is 5.56 Å². The second-order valence-electron chi connectivity index (χ2n) is 5.85. The summed E-state index contributed by atoms with van der Waals surface area (Å²) in [6.45, 7) is 2.27. The largest absolute Gasteiger partial charge is 0.378 e. The van der Waals surface area contributed by atoms with Crippen LogP contribution in [0, 0.1) is 11.3 Å². The van der Waals surface area contributed by atoms with Crippen LogP contribution in [0.5, 0.6) is 0 Å². The lowest BCUT2D eigenvalue weighted by molar-refractivity contribution is -0.132. The van der Waals surface area contributed by atoms with Crippen LogP contribution in [0.15, 0.2) is 40.9 Å². The van der Waals surface area contributed by atoms with Crippen molar-refractivity contribution in [3.63, 3.8) is 0 Å². The minimum Gasteiger partial charge on any atom is -0.378 e. The van der Waals surface area contributed by atoms with Gasteiger partial charge in [0.25, 0.3) is 0 Å². The molecule has 1 saturated heterocycles. The molecule has 0 unspecified atom stereocenters. The van der Waals surface area contributed by atoms with Crippen LogP contribution in [0.4, 0.5) is 0 Å². The van der Waals surface area contributed by atoms with E-state index in [4.69, 9.17) is 4.74 Å². The van der Waals surface area contributed by atoms with Crippen molar-refractivity contribution in [1.82, 2.24) is 10.2 Å². The third kappa shape index (κ3) is 4.21. The molecule has 0 aliphatic carbocycles. The molecule has 3 rings (SSSR count). The number of thioether (sulfide) groups is 1. The first-order chi connectivity index (χ1) is 12.2. The van der Waals surface area contributed by atoms with Gasteiger partial charge in [-0.05, 0) is 5.56 Å². The van der Waals surface area contributed by atoms with Crippen LogP contribution in [-0.4, -0.2) is 48.8 Å². The Labute approximate surface area is 150 Å². The van der Waals surface area contributed by atoms with Crippen LogP contribution in [-0.2, 0) is 14.3 Å². The zero-order chi connectivity index (χ0) is 17.6. The number of carbonyl (C=O) groups excluding carboxylic acids is 2. The van der Waals surface area contributed by atoms with Gasteiger partial charge in [-0.1, -0.05) is 42.1 Å². The molecule has 1 aromatic rings. The van der Waals surface area contributed by atoms with E-state index in [1.807, 2.05) is 30.3 Å². The third-order valence-corrected chi connectivity index (χ3v) is 5.26. The van der Waals surface area contributed by atoms with Gasteiger partial charge in [-0.3, -0.25) is 9.59 Å². The summed E-state index contributed by atoms with van der Waals surface area (Å²) in [6.07, 6.45) is 0.244. The van der Waals surface area contributed by atoms with Crippen molar-refractivity contribution in [2.75, 3.05) is 32.1 Å². The summed E-state index contributed by atoms with van der Waals surface area (Å²) < 4.78 is 5.25. The van der Waals surface area contributed by atoms with Gasteiger partial charge < -0.3 is 15.0 Å². The van der Waals surface area contributed by atoms with Crippen molar-refractivity contribution in [3.8, 4) is 6.07 Å². The van der Waals surface area contributed by atoms with Gasteiger partial charge in [0.15, 0.2) is 0 Å². The highest BCUT2D eigenvalue weighted by Crippen LogP contribution is 2.35. The molecule has 1 fully saturated rings. The maximum atomic E-state index is 12.3. The summed E-state index contributed by atoms with van der Waals surface area (Å²) in [7, 11) is 0. The number of hydrogen-bond acceptors (Lipinski definition) is 5. The Balaban J connectivity index is 1.75. The summed E-state index contributed by atoms with van der Waals surface area (Å²) in [5, 5.41) is 12.9. The number of carbonyl (C=O) groups is 2. The fraction of sp³-hybridized carbons (Fsp3) is 0.389. The molecule has 0 radical (unpaired) electrons. The molecule has 2 heterocycles. The van der Waals surface area contributed by atoms with Gasteiger partial charge in [0.2, 0.25) is 11.8 Å². The minimum absolute atomic E-state index is 0.00540. The van der Waals surface area contributed by atoms with E-state index < -0.39 is 0 Å². The molecule has 25 heavy (non-hydrogen) atoms. The fourth-order valence-corrected chi connectivity index (χ4v) is 3.92. The number of hydrogen-bond donors (Lipinski definition) is 1. The number of morpholine rings is 1. The average molecular weight is 357 g/mol. The maximum Gasteiger partial charge on any atom is 0.233 e. The van der Waals surface area contributed by atoms with E-state index >= 15 is 0 Å². The monoisotopic (exact) mass is 357 g/mol. The smallest absolute Gasteiger partial charge is 0.233 e. The Bertz CT molecular complexity index is 721. The van der Waals surface area contributed by atoms with Crippen LogP contribution in [0.25, 0.3) is 0 Å². The normalized spacial score (nSPS) is 20.8. The number of rotatable bonds is 4. The summed E-state index contributed by atoms with van der Waals surface area (Å²) in [5.41, 5.74) is 1.46. The van der Waals surface area contributed by atoms with Crippen LogP contribution in [0.3, 0.4) is 0 Å². The van der Waals surface area contributed by atoms with Crippen molar-refractivity contribution in [3.05, 3.63) is 46.5 Å². The molecular formula is C18H19N3O3S. The number of nitrogens with one attached hydrogen (secondary N) is 1. The predicted octanol–water partition coefficient (Wildman–Crippen LogP) is 1.62. The van der Waals surface area contributed by atoms with E-state index in [9.17, 15) is 14.9 Å². The number of allylic oxidation sites excluding steroid dienone is 1. The van der Waals surface area contributed by atoms with E-state index in [-0.39, 0.29) is 29.9 Å². The van der Waals surface area contributed by atoms with Gasteiger partial charge in [-0.15, -0.1) is 0 Å². The molecule has 1 N–H and O–H groups in total. The molecule has 0 aromatic heterocycles. The number of nitriles is 1. The Morgan fingerprint density at radius 3 is 2.72 bits per heavy atom. The third-order valence-electron chi connectivity index (χ3n) is 4.26. The van der Waals surface area contributed by atoms with Crippen LogP contribution < -0.4 is 5.32 Å². The van der Waals surface area contributed by atoms with Crippen LogP contribution in [0.1, 0.15) is 17.9 Å². The van der Waals surface area contributed by atoms with Gasteiger partial charge >= 0.3 is 0 Å². The van der Waals surface area contributed by atoms with E-state index in [2.05, 4.69) is 11.4 Å². The molecule has 1 atom stereocenters. The molecule has 1 aromatic carbocycles. The maximum absolute atomic E-state index is 12.3. The zero-order valence-electron chi connectivity index (χ0n) is 13.7. The van der Waals surface area contributed by atoms with Crippen LogP contribution >= 0.6 is 11.8 Å². The van der Waals surface area contributed by atoms with Gasteiger partial charge in [-0.25, -0.2) is 0 Å². The number of amides is 2. The summed E-state index contributed by atoms with van der Waals surface area (Å²) in [5.74, 6) is -0.202. The van der Waals surface area contributed by atoms with Crippen molar-refractivity contribution < 1.29 is 14.3 Å². The molecule has 0 saturated carbocycles. The predicted molar refractivity (Wildman–Crippen MR) is 94.4 cm³/mol. The van der Waals surface area contributed by atoms with Crippen molar-refractivity contribution in [1.29, 1.82) is 5.26 Å². The Kier molecular flexibility index (Phi) is 5.74. The average Bonchev–Trinajstić information content (AvgIpc) is 2.67. The highest BCUT2D eigenvalue weighted by Gasteiger charge is 2.30. The quantitative estimate of drug-likeness (QED) is 0.885. The second kappa shape index (κ2) is 8.19. The van der Waals surface area contributed by atoms with Gasteiger partial charge in [-0.2, -0.15) is 5.26 Å². The molecular weight excluding hydrogens is 338 g/mol. The lowest BCUT2D eigenvalue weighted by atomic mass is 9.87. The van der Waals surface area contributed by atoms with Gasteiger partial charge in [0.05, 0.1) is 35.6 Å². The standard InChI is InChI=1S/C18H19N3O3S/c19-11-15-14(13-4-2-1-3-5-13)10-16(22)20-18(15)25-12-17(23)21-6-8-24-9-7-21/h1-5,14H,6-10,12H2,(H,20,22)/t14-/m1/s1. The fourth-order valence-electron chi connectivity index (χ4n) is 2.94. The van der Waals surface area contributed by atoms with Crippen molar-refractivity contribution >= 4 is 23.6 Å². The van der Waals surface area contributed by atoms with E-state index in [1.165, 1.54) is 11.8 Å². The van der Waals surface area contributed by atoms with E-state index in [1.54, 1.807) is 4.90 Å². The lowest BCUT2D eigenvalue weighted by Crippen LogP contribution is -2.42. The highest BCUT2D eigenvalue weighted by atomic mass is 32.2. The van der Waals surface area contributed by atoms with Crippen molar-refractivity contribution in [2.45, 2.75) is 12.3 Å². The summed E-state index contributed by atoms with van der Waals surface area (Å²) in [6, 6.07) is 11.8. The SMILES string of the molecule is N#CC1=C(SCC(=O)N2CCOCC2)NC(=O)C[C@@H]1c1ccccc1. The zero-order valence-corrected chi connectivity index (χ0v) is 14.6. The molecule has 2 amide bonds. The molecule has 6 nitrogen and oxygen atoms in total. The lowest BCUT2D eigenvalue weighted by Gasteiger charge is -2.28.